The summed E-state index contributed by atoms with van der Waals surface area (Å²) in [7, 11) is 0. The Balaban J connectivity index is 1.89. The van der Waals surface area contributed by atoms with Gasteiger partial charge in [-0.15, -0.1) is 11.8 Å². The van der Waals surface area contributed by atoms with E-state index in [0.29, 0.717) is 18.0 Å². The van der Waals surface area contributed by atoms with Gasteiger partial charge in [0, 0.05) is 28.9 Å². The van der Waals surface area contributed by atoms with Crippen LogP contribution in [0.1, 0.15) is 37.0 Å². The summed E-state index contributed by atoms with van der Waals surface area (Å²) in [5.74, 6) is 0.0371. The van der Waals surface area contributed by atoms with Gasteiger partial charge in [0.2, 0.25) is 11.8 Å². The molecule has 184 valence electrons. The minimum atomic E-state index is -0.631. The average Bonchev–Trinajstić information content (AvgIpc) is 2.87. The van der Waals surface area contributed by atoms with Crippen molar-refractivity contribution < 1.29 is 9.59 Å². The molecule has 4 nitrogen and oxygen atoms in total. The summed E-state index contributed by atoms with van der Waals surface area (Å²) in [5, 5.41) is 3.74. The zero-order valence-corrected chi connectivity index (χ0v) is 22.1. The van der Waals surface area contributed by atoms with Crippen LogP contribution in [-0.2, 0) is 22.6 Å². The van der Waals surface area contributed by atoms with Crippen LogP contribution >= 0.6 is 23.4 Å². The number of carbonyl (C=O) groups is 2. The van der Waals surface area contributed by atoms with Crippen LogP contribution in [0.5, 0.6) is 0 Å². The van der Waals surface area contributed by atoms with Gasteiger partial charge in [0.05, 0.1) is 5.75 Å². The van der Waals surface area contributed by atoms with Gasteiger partial charge in [-0.05, 0) is 55.7 Å². The molecule has 6 heteroatoms. The smallest absolute Gasteiger partial charge is 0.243 e. The van der Waals surface area contributed by atoms with Crippen molar-refractivity contribution in [2.75, 3.05) is 5.75 Å². The number of nitrogens with one attached hydrogen (secondary N) is 1. The highest BCUT2D eigenvalue weighted by Gasteiger charge is 2.31. The lowest BCUT2D eigenvalue weighted by atomic mass is 10.0. The molecule has 0 saturated heterocycles. The molecule has 0 heterocycles. The zero-order valence-electron chi connectivity index (χ0n) is 20.5. The Hall–Kier alpha value is -2.76. The van der Waals surface area contributed by atoms with E-state index in [-0.39, 0.29) is 23.6 Å². The van der Waals surface area contributed by atoms with Crippen LogP contribution in [0.2, 0.25) is 5.02 Å². The highest BCUT2D eigenvalue weighted by Crippen LogP contribution is 2.22. The van der Waals surface area contributed by atoms with Gasteiger partial charge >= 0.3 is 0 Å². The van der Waals surface area contributed by atoms with Crippen molar-refractivity contribution in [3.8, 4) is 0 Å². The number of hydrogen-bond donors (Lipinski definition) is 1. The molecule has 35 heavy (non-hydrogen) atoms. The van der Waals surface area contributed by atoms with Crippen LogP contribution in [0.3, 0.4) is 0 Å². The third-order valence-corrected chi connectivity index (χ3v) is 7.17. The molecule has 3 aromatic rings. The Morgan fingerprint density at radius 2 is 1.60 bits per heavy atom. The Bertz CT molecular complexity index is 1090. The molecule has 0 saturated carbocycles. The maximum atomic E-state index is 13.6. The van der Waals surface area contributed by atoms with Crippen LogP contribution in [0.25, 0.3) is 0 Å². The van der Waals surface area contributed by atoms with Crippen molar-refractivity contribution in [3.63, 3.8) is 0 Å². The molecule has 0 bridgehead atoms. The highest BCUT2D eigenvalue weighted by molar-refractivity contribution is 8.00. The maximum absolute atomic E-state index is 13.6. The fraction of sp³-hybridized carbons (Fsp3) is 0.310. The van der Waals surface area contributed by atoms with Crippen LogP contribution < -0.4 is 5.32 Å². The summed E-state index contributed by atoms with van der Waals surface area (Å²) in [4.78, 5) is 29.9. The lowest BCUT2D eigenvalue weighted by Crippen LogP contribution is -2.52. The monoisotopic (exact) mass is 508 g/mol. The van der Waals surface area contributed by atoms with E-state index in [2.05, 4.69) is 5.32 Å². The van der Waals surface area contributed by atoms with Gasteiger partial charge in [0.25, 0.3) is 0 Å². The first-order chi connectivity index (χ1) is 16.9. The molecule has 0 radical (unpaired) electrons. The predicted molar refractivity (Wildman–Crippen MR) is 146 cm³/mol. The van der Waals surface area contributed by atoms with Crippen LogP contribution in [0, 0.1) is 6.92 Å². The summed E-state index contributed by atoms with van der Waals surface area (Å²) in [5.41, 5.74) is 3.11. The fourth-order valence-corrected chi connectivity index (χ4v) is 4.55. The molecule has 0 spiro atoms. The number of halogens is 1. The molecule has 2 atom stereocenters. The normalized spacial score (nSPS) is 12.6. The molecule has 3 rings (SSSR count). The van der Waals surface area contributed by atoms with Gasteiger partial charge < -0.3 is 10.2 Å². The average molecular weight is 509 g/mol. The lowest BCUT2D eigenvalue weighted by Gasteiger charge is -2.32. The SMILES string of the molecule is CC[C@H](C)NC(=O)[C@@H](Cc1ccccc1)N(Cc1ccc(Cl)cc1)C(=O)CSc1ccc(C)cc1. The van der Waals surface area contributed by atoms with Crippen molar-refractivity contribution in [1.29, 1.82) is 0 Å². The predicted octanol–water partition coefficient (Wildman–Crippen LogP) is 6.30. The standard InChI is InChI=1S/C29H33ClN2O2S/c1-4-22(3)31-29(34)27(18-23-8-6-5-7-9-23)32(19-24-12-14-25(30)15-13-24)28(33)20-35-26-16-10-21(2)11-17-26/h5-17,22,27H,4,18-20H2,1-3H3,(H,31,34)/t22-,27+/m0/s1. The first kappa shape index (κ1) is 26.8. The molecule has 3 aromatic carbocycles. The summed E-state index contributed by atoms with van der Waals surface area (Å²) >= 11 is 7.57. The molecular weight excluding hydrogens is 476 g/mol. The second-order valence-corrected chi connectivity index (χ2v) is 10.3. The van der Waals surface area contributed by atoms with Crippen molar-refractivity contribution in [3.05, 3.63) is 101 Å². The van der Waals surface area contributed by atoms with Gasteiger partial charge in [0.1, 0.15) is 6.04 Å². The molecule has 1 N–H and O–H groups in total. The minimum Gasteiger partial charge on any atom is -0.352 e. The molecular formula is C29H33ClN2O2S. The van der Waals surface area contributed by atoms with Gasteiger partial charge in [0.15, 0.2) is 0 Å². The van der Waals surface area contributed by atoms with Crippen molar-refractivity contribution in [1.82, 2.24) is 10.2 Å². The maximum Gasteiger partial charge on any atom is 0.243 e. The number of carbonyl (C=O) groups excluding carboxylic acids is 2. The summed E-state index contributed by atoms with van der Waals surface area (Å²) < 4.78 is 0. The highest BCUT2D eigenvalue weighted by atomic mass is 35.5. The van der Waals surface area contributed by atoms with Gasteiger partial charge in [-0.2, -0.15) is 0 Å². The van der Waals surface area contributed by atoms with E-state index in [1.165, 1.54) is 17.3 Å². The van der Waals surface area contributed by atoms with E-state index in [9.17, 15) is 9.59 Å². The van der Waals surface area contributed by atoms with Crippen molar-refractivity contribution in [2.45, 2.75) is 57.1 Å². The van der Waals surface area contributed by atoms with Crippen LogP contribution in [0.4, 0.5) is 0 Å². The summed E-state index contributed by atoms with van der Waals surface area (Å²) in [6.45, 7) is 6.38. The van der Waals surface area contributed by atoms with Crippen LogP contribution in [-0.4, -0.2) is 34.6 Å². The number of aryl methyl sites for hydroxylation is 1. The second-order valence-electron chi connectivity index (χ2n) is 8.77. The fourth-order valence-electron chi connectivity index (χ4n) is 3.64. The van der Waals surface area contributed by atoms with Crippen molar-refractivity contribution in [2.24, 2.45) is 0 Å². The van der Waals surface area contributed by atoms with Crippen LogP contribution in [0.15, 0.2) is 83.8 Å². The Morgan fingerprint density at radius 1 is 0.943 bits per heavy atom. The number of hydrogen-bond acceptors (Lipinski definition) is 3. The first-order valence-electron chi connectivity index (χ1n) is 11.9. The van der Waals surface area contributed by atoms with Gasteiger partial charge in [-0.3, -0.25) is 9.59 Å². The molecule has 0 unspecified atom stereocenters. The molecule has 0 aliphatic heterocycles. The number of rotatable bonds is 11. The van der Waals surface area contributed by atoms with E-state index < -0.39 is 6.04 Å². The lowest BCUT2D eigenvalue weighted by molar-refractivity contribution is -0.139. The van der Waals surface area contributed by atoms with Gasteiger partial charge in [-0.1, -0.05) is 78.7 Å². The molecule has 0 fully saturated rings. The number of benzene rings is 3. The largest absolute Gasteiger partial charge is 0.352 e. The van der Waals surface area contributed by atoms with E-state index in [1.54, 1.807) is 4.90 Å². The molecule has 0 aromatic heterocycles. The summed E-state index contributed by atoms with van der Waals surface area (Å²) in [6.07, 6.45) is 1.26. The Labute approximate surface area is 218 Å². The number of thioether (sulfide) groups is 1. The van der Waals surface area contributed by atoms with E-state index in [4.69, 9.17) is 11.6 Å². The second kappa shape index (κ2) is 13.4. The van der Waals surface area contributed by atoms with E-state index in [1.807, 2.05) is 99.6 Å². The summed E-state index contributed by atoms with van der Waals surface area (Å²) in [6, 6.07) is 24.8. The molecule has 0 aliphatic carbocycles. The Morgan fingerprint density at radius 3 is 2.23 bits per heavy atom. The number of nitrogens with zero attached hydrogens (tertiary/aromatic N) is 1. The zero-order chi connectivity index (χ0) is 25.2. The third-order valence-electron chi connectivity index (χ3n) is 5.92. The van der Waals surface area contributed by atoms with E-state index >= 15 is 0 Å². The van der Waals surface area contributed by atoms with Gasteiger partial charge in [-0.25, -0.2) is 0 Å². The number of amides is 2. The molecule has 0 aliphatic rings. The van der Waals surface area contributed by atoms with E-state index in [0.717, 1.165) is 22.4 Å². The first-order valence-corrected chi connectivity index (χ1v) is 13.3. The van der Waals surface area contributed by atoms with Crippen molar-refractivity contribution >= 4 is 35.2 Å². The third kappa shape index (κ3) is 8.44. The molecule has 2 amide bonds. The topological polar surface area (TPSA) is 49.4 Å². The quantitative estimate of drug-likeness (QED) is 0.309. The minimum absolute atomic E-state index is 0.0233. The Kier molecular flexibility index (Phi) is 10.2.